The molecule has 0 aromatic carbocycles. The fourth-order valence-electron chi connectivity index (χ4n) is 3.51. The summed E-state index contributed by atoms with van der Waals surface area (Å²) in [6, 6.07) is 3.11. The van der Waals surface area contributed by atoms with E-state index < -0.39 is 5.95 Å². The van der Waals surface area contributed by atoms with Crippen molar-refractivity contribution in [2.24, 2.45) is 14.1 Å². The van der Waals surface area contributed by atoms with Gasteiger partial charge >= 0.3 is 0 Å². The van der Waals surface area contributed by atoms with Gasteiger partial charge in [-0.15, -0.1) is 10.2 Å². The van der Waals surface area contributed by atoms with Crippen LogP contribution in [0.1, 0.15) is 24.6 Å². The molecule has 4 rings (SSSR count). The standard InChI is InChI=1S/C17H21FN8/c1-24-10-13(12-3-4-14(18)20-9-12)16(23-24)26-7-5-11(6-8-26)15-21-22-17(19)25(15)2/h3-4,9-11H,5-8H2,1-2H3,(H2,19,22). The van der Waals surface area contributed by atoms with E-state index in [4.69, 9.17) is 5.73 Å². The molecule has 26 heavy (non-hydrogen) atoms. The smallest absolute Gasteiger partial charge is 0.221 e. The van der Waals surface area contributed by atoms with Gasteiger partial charge in [0.1, 0.15) is 5.82 Å². The average Bonchev–Trinajstić information content (AvgIpc) is 3.19. The van der Waals surface area contributed by atoms with Crippen molar-refractivity contribution >= 4 is 11.8 Å². The largest absolute Gasteiger partial charge is 0.368 e. The maximum atomic E-state index is 13.1. The van der Waals surface area contributed by atoms with Crippen LogP contribution >= 0.6 is 0 Å². The first-order valence-electron chi connectivity index (χ1n) is 8.58. The number of anilines is 2. The number of piperidine rings is 1. The van der Waals surface area contributed by atoms with Crippen LogP contribution in [0.2, 0.25) is 0 Å². The Kier molecular flexibility index (Phi) is 4.06. The zero-order chi connectivity index (χ0) is 18.3. The summed E-state index contributed by atoms with van der Waals surface area (Å²) in [6.07, 6.45) is 5.39. The van der Waals surface area contributed by atoms with Crippen LogP contribution in [-0.2, 0) is 14.1 Å². The van der Waals surface area contributed by atoms with E-state index >= 15 is 0 Å². The molecule has 0 bridgehead atoms. The maximum Gasteiger partial charge on any atom is 0.221 e. The molecular formula is C17H21FN8. The number of nitrogen functional groups attached to an aromatic ring is 1. The van der Waals surface area contributed by atoms with Crippen LogP contribution in [0.3, 0.4) is 0 Å². The molecule has 0 saturated carbocycles. The first-order chi connectivity index (χ1) is 12.5. The van der Waals surface area contributed by atoms with E-state index in [2.05, 4.69) is 25.2 Å². The molecular weight excluding hydrogens is 335 g/mol. The first-order valence-corrected chi connectivity index (χ1v) is 8.58. The third kappa shape index (κ3) is 2.89. The van der Waals surface area contributed by atoms with E-state index in [1.807, 2.05) is 24.9 Å². The van der Waals surface area contributed by atoms with Gasteiger partial charge < -0.3 is 15.2 Å². The molecule has 0 aliphatic carbocycles. The van der Waals surface area contributed by atoms with Crippen molar-refractivity contribution in [3.63, 3.8) is 0 Å². The van der Waals surface area contributed by atoms with Crippen molar-refractivity contribution in [3.05, 3.63) is 36.3 Å². The third-order valence-corrected chi connectivity index (χ3v) is 4.95. The van der Waals surface area contributed by atoms with Gasteiger partial charge in [-0.2, -0.15) is 9.49 Å². The van der Waals surface area contributed by atoms with Gasteiger partial charge in [0.15, 0.2) is 5.82 Å². The number of hydrogen-bond donors (Lipinski definition) is 1. The molecule has 1 fully saturated rings. The second-order valence-corrected chi connectivity index (χ2v) is 6.65. The maximum absolute atomic E-state index is 13.1. The molecule has 3 aromatic heterocycles. The van der Waals surface area contributed by atoms with Crippen LogP contribution in [-0.4, -0.2) is 42.6 Å². The highest BCUT2D eigenvalue weighted by Crippen LogP contribution is 2.34. The lowest BCUT2D eigenvalue weighted by molar-refractivity contribution is 0.471. The zero-order valence-corrected chi connectivity index (χ0v) is 14.8. The second-order valence-electron chi connectivity index (χ2n) is 6.65. The Bertz CT molecular complexity index is 905. The Labute approximate surface area is 150 Å². The molecule has 0 radical (unpaired) electrons. The Morgan fingerprint density at radius 2 is 1.92 bits per heavy atom. The van der Waals surface area contributed by atoms with Gasteiger partial charge in [0, 0.05) is 56.6 Å². The number of nitrogens with two attached hydrogens (primary N) is 1. The van der Waals surface area contributed by atoms with E-state index in [-0.39, 0.29) is 0 Å². The van der Waals surface area contributed by atoms with Crippen molar-refractivity contribution in [2.75, 3.05) is 23.7 Å². The van der Waals surface area contributed by atoms with Crippen LogP contribution in [0, 0.1) is 5.95 Å². The number of pyridine rings is 1. The van der Waals surface area contributed by atoms with Gasteiger partial charge in [-0.05, 0) is 25.0 Å². The van der Waals surface area contributed by atoms with Gasteiger partial charge in [0.05, 0.1) is 0 Å². The van der Waals surface area contributed by atoms with E-state index in [0.717, 1.165) is 48.7 Å². The van der Waals surface area contributed by atoms with Crippen LogP contribution < -0.4 is 10.6 Å². The van der Waals surface area contributed by atoms with E-state index in [0.29, 0.717) is 11.9 Å². The molecule has 1 aliphatic rings. The molecule has 2 N–H and O–H groups in total. The summed E-state index contributed by atoms with van der Waals surface area (Å²) in [5.74, 6) is 2.13. The van der Waals surface area contributed by atoms with Crippen molar-refractivity contribution in [1.82, 2.24) is 29.5 Å². The van der Waals surface area contributed by atoms with E-state index in [9.17, 15) is 4.39 Å². The van der Waals surface area contributed by atoms with Crippen molar-refractivity contribution in [2.45, 2.75) is 18.8 Å². The number of rotatable bonds is 3. The Hall–Kier alpha value is -2.97. The van der Waals surface area contributed by atoms with Gasteiger partial charge in [-0.25, -0.2) is 4.98 Å². The minimum absolute atomic E-state index is 0.334. The van der Waals surface area contributed by atoms with Crippen molar-refractivity contribution in [3.8, 4) is 11.1 Å². The fourth-order valence-corrected chi connectivity index (χ4v) is 3.51. The zero-order valence-electron chi connectivity index (χ0n) is 14.8. The van der Waals surface area contributed by atoms with Gasteiger partial charge in [-0.3, -0.25) is 4.68 Å². The highest BCUT2D eigenvalue weighted by atomic mass is 19.1. The summed E-state index contributed by atoms with van der Waals surface area (Å²) in [5, 5.41) is 12.8. The molecule has 1 saturated heterocycles. The minimum Gasteiger partial charge on any atom is -0.368 e. The normalized spacial score (nSPS) is 15.6. The van der Waals surface area contributed by atoms with E-state index in [1.165, 1.54) is 6.07 Å². The Balaban J connectivity index is 1.55. The number of hydrogen-bond acceptors (Lipinski definition) is 6. The third-order valence-electron chi connectivity index (χ3n) is 4.95. The quantitative estimate of drug-likeness (QED) is 0.719. The van der Waals surface area contributed by atoms with Gasteiger partial charge in [0.2, 0.25) is 11.9 Å². The summed E-state index contributed by atoms with van der Waals surface area (Å²) in [6.45, 7) is 1.71. The molecule has 0 spiro atoms. The summed E-state index contributed by atoms with van der Waals surface area (Å²) in [7, 11) is 3.79. The number of aromatic nitrogens is 6. The summed E-state index contributed by atoms with van der Waals surface area (Å²) >= 11 is 0. The van der Waals surface area contributed by atoms with Gasteiger partial charge in [-0.1, -0.05) is 0 Å². The molecule has 9 heteroatoms. The predicted molar refractivity (Wildman–Crippen MR) is 96.0 cm³/mol. The van der Waals surface area contributed by atoms with Crippen LogP contribution in [0.4, 0.5) is 16.2 Å². The minimum atomic E-state index is -0.483. The Morgan fingerprint density at radius 1 is 1.15 bits per heavy atom. The molecule has 8 nitrogen and oxygen atoms in total. The molecule has 0 atom stereocenters. The molecule has 136 valence electrons. The molecule has 1 aliphatic heterocycles. The lowest BCUT2D eigenvalue weighted by atomic mass is 9.95. The van der Waals surface area contributed by atoms with Crippen LogP contribution in [0.25, 0.3) is 11.1 Å². The highest BCUT2D eigenvalue weighted by Gasteiger charge is 2.27. The molecule has 0 unspecified atom stereocenters. The van der Waals surface area contributed by atoms with Crippen LogP contribution in [0.15, 0.2) is 24.5 Å². The number of aryl methyl sites for hydroxylation is 1. The van der Waals surface area contributed by atoms with Crippen molar-refractivity contribution in [1.29, 1.82) is 0 Å². The Morgan fingerprint density at radius 3 is 2.54 bits per heavy atom. The lowest BCUT2D eigenvalue weighted by Gasteiger charge is -2.32. The average molecular weight is 356 g/mol. The number of halogens is 1. The molecule has 0 amide bonds. The number of nitrogens with zero attached hydrogens (tertiary/aromatic N) is 7. The lowest BCUT2D eigenvalue weighted by Crippen LogP contribution is -2.34. The summed E-state index contributed by atoms with van der Waals surface area (Å²) in [5.41, 5.74) is 7.62. The summed E-state index contributed by atoms with van der Waals surface area (Å²) < 4.78 is 16.8. The topological polar surface area (TPSA) is 90.7 Å². The highest BCUT2D eigenvalue weighted by molar-refractivity contribution is 5.75. The first kappa shape index (κ1) is 16.5. The predicted octanol–water partition coefficient (Wildman–Crippen LogP) is 1.72. The second kappa shape index (κ2) is 6.40. The molecule has 3 aromatic rings. The molecule has 4 heterocycles. The fraction of sp³-hybridized carbons (Fsp3) is 0.412. The van der Waals surface area contributed by atoms with Crippen LogP contribution in [0.5, 0.6) is 0 Å². The van der Waals surface area contributed by atoms with Gasteiger partial charge in [0.25, 0.3) is 0 Å². The van der Waals surface area contributed by atoms with Crippen molar-refractivity contribution < 1.29 is 4.39 Å². The van der Waals surface area contributed by atoms with E-state index in [1.54, 1.807) is 16.9 Å². The SMILES string of the molecule is Cn1cc(-c2ccc(F)nc2)c(N2CCC(c3nnc(N)n3C)CC2)n1. The summed E-state index contributed by atoms with van der Waals surface area (Å²) in [4.78, 5) is 6.02. The monoisotopic (exact) mass is 356 g/mol.